The fraction of sp³-hybridized carbons (Fsp3) is 0.789. The summed E-state index contributed by atoms with van der Waals surface area (Å²) in [4.78, 5) is 17.7. The van der Waals surface area contributed by atoms with Crippen LogP contribution in [0.5, 0.6) is 0 Å². The number of amides is 1. The molecule has 138 valence electrons. The quantitative estimate of drug-likeness (QED) is 0.832. The number of nitrogens with zero attached hydrogens (tertiary/aromatic N) is 4. The van der Waals surface area contributed by atoms with E-state index in [0.717, 1.165) is 57.7 Å². The predicted octanol–water partition coefficient (Wildman–Crippen LogP) is 1.68. The SMILES string of the molecule is Cc1cnn(CCC(=O)N2C[C@H]3CC[C@@H]2CN(C2CCOCC2)C3)c1. The van der Waals surface area contributed by atoms with Gasteiger partial charge in [0, 0.05) is 64.1 Å². The Hall–Kier alpha value is -1.40. The van der Waals surface area contributed by atoms with Crippen molar-refractivity contribution in [3.8, 4) is 0 Å². The van der Waals surface area contributed by atoms with E-state index in [2.05, 4.69) is 14.9 Å². The zero-order chi connectivity index (χ0) is 17.2. The third kappa shape index (κ3) is 3.90. The first kappa shape index (κ1) is 17.0. The summed E-state index contributed by atoms with van der Waals surface area (Å²) in [5.41, 5.74) is 1.15. The molecule has 1 amide bonds. The van der Waals surface area contributed by atoms with E-state index >= 15 is 0 Å². The molecule has 6 heteroatoms. The van der Waals surface area contributed by atoms with Crippen LogP contribution in [0.4, 0.5) is 0 Å². The van der Waals surface area contributed by atoms with E-state index in [0.29, 0.717) is 36.9 Å². The van der Waals surface area contributed by atoms with Crippen molar-refractivity contribution in [1.29, 1.82) is 0 Å². The van der Waals surface area contributed by atoms with E-state index in [9.17, 15) is 4.79 Å². The lowest BCUT2D eigenvalue weighted by atomic mass is 9.94. The highest BCUT2D eigenvalue weighted by atomic mass is 16.5. The van der Waals surface area contributed by atoms with Gasteiger partial charge in [0.15, 0.2) is 0 Å². The second-order valence-corrected chi connectivity index (χ2v) is 7.97. The van der Waals surface area contributed by atoms with Crippen LogP contribution in [0.25, 0.3) is 0 Å². The van der Waals surface area contributed by atoms with Crippen molar-refractivity contribution in [3.63, 3.8) is 0 Å². The molecule has 1 aromatic rings. The summed E-state index contributed by atoms with van der Waals surface area (Å²) in [5.74, 6) is 0.939. The van der Waals surface area contributed by atoms with Crippen molar-refractivity contribution < 1.29 is 9.53 Å². The Bertz CT molecular complexity index is 596. The van der Waals surface area contributed by atoms with Gasteiger partial charge in [0.25, 0.3) is 0 Å². The van der Waals surface area contributed by atoms with Crippen LogP contribution < -0.4 is 0 Å². The van der Waals surface area contributed by atoms with Crippen LogP contribution in [0.15, 0.2) is 12.4 Å². The Kier molecular flexibility index (Phi) is 5.08. The predicted molar refractivity (Wildman–Crippen MR) is 95.2 cm³/mol. The number of aryl methyl sites for hydroxylation is 2. The van der Waals surface area contributed by atoms with Gasteiger partial charge in [0.05, 0.1) is 6.20 Å². The maximum atomic E-state index is 12.9. The van der Waals surface area contributed by atoms with Crippen molar-refractivity contribution in [3.05, 3.63) is 18.0 Å². The number of fused-ring (bicyclic) bond motifs is 4. The topological polar surface area (TPSA) is 50.6 Å². The van der Waals surface area contributed by atoms with Crippen LogP contribution in [-0.4, -0.2) is 70.4 Å². The average molecular weight is 346 g/mol. The molecule has 4 fully saturated rings. The number of piperidine rings is 1. The number of carbonyl (C=O) groups is 1. The Balaban J connectivity index is 1.37. The molecule has 0 aromatic carbocycles. The average Bonchev–Trinajstić information content (AvgIpc) is 2.85. The Labute approximate surface area is 150 Å². The van der Waals surface area contributed by atoms with Crippen molar-refractivity contribution in [2.45, 2.75) is 57.7 Å². The Morgan fingerprint density at radius 3 is 2.76 bits per heavy atom. The molecule has 0 spiro atoms. The minimum atomic E-state index is 0.302. The number of aromatic nitrogens is 2. The molecule has 4 saturated heterocycles. The maximum Gasteiger partial charge on any atom is 0.224 e. The number of hydrogen-bond donors (Lipinski definition) is 0. The monoisotopic (exact) mass is 346 g/mol. The van der Waals surface area contributed by atoms with Gasteiger partial charge in [0.2, 0.25) is 5.91 Å². The Morgan fingerprint density at radius 2 is 2.00 bits per heavy atom. The van der Waals surface area contributed by atoms with Crippen LogP contribution in [0.3, 0.4) is 0 Å². The van der Waals surface area contributed by atoms with Gasteiger partial charge in [-0.1, -0.05) is 0 Å². The lowest BCUT2D eigenvalue weighted by molar-refractivity contribution is -0.135. The highest BCUT2D eigenvalue weighted by Crippen LogP contribution is 2.31. The standard InChI is InChI=1S/C19H30N4O2/c1-15-10-20-22(11-15)7-4-19(24)23-13-16-2-3-18(23)14-21(12-16)17-5-8-25-9-6-17/h10-11,16-18H,2-9,12-14H2,1H3/t16-,18+/m0/s1. The minimum Gasteiger partial charge on any atom is -0.381 e. The largest absolute Gasteiger partial charge is 0.381 e. The molecule has 0 aliphatic carbocycles. The van der Waals surface area contributed by atoms with Gasteiger partial charge in [-0.25, -0.2) is 0 Å². The van der Waals surface area contributed by atoms with E-state index in [4.69, 9.17) is 4.74 Å². The van der Waals surface area contributed by atoms with E-state index in [-0.39, 0.29) is 0 Å². The first-order valence-electron chi connectivity index (χ1n) is 9.79. The van der Waals surface area contributed by atoms with E-state index in [1.807, 2.05) is 24.0 Å². The number of ether oxygens (including phenoxy) is 1. The molecule has 6 nitrogen and oxygen atoms in total. The van der Waals surface area contributed by atoms with E-state index in [1.165, 1.54) is 6.42 Å². The molecule has 4 aliphatic heterocycles. The smallest absolute Gasteiger partial charge is 0.224 e. The van der Waals surface area contributed by atoms with Gasteiger partial charge in [0.1, 0.15) is 0 Å². The molecular formula is C19H30N4O2. The van der Waals surface area contributed by atoms with Crippen molar-refractivity contribution in [1.82, 2.24) is 19.6 Å². The van der Waals surface area contributed by atoms with Gasteiger partial charge in [-0.2, -0.15) is 5.10 Å². The summed E-state index contributed by atoms with van der Waals surface area (Å²) in [5, 5.41) is 4.30. The molecular weight excluding hydrogens is 316 g/mol. The van der Waals surface area contributed by atoms with Gasteiger partial charge >= 0.3 is 0 Å². The lowest BCUT2D eigenvalue weighted by Gasteiger charge is -2.37. The highest BCUT2D eigenvalue weighted by Gasteiger charge is 2.39. The first-order chi connectivity index (χ1) is 12.2. The van der Waals surface area contributed by atoms with Crippen LogP contribution in [0.2, 0.25) is 0 Å². The van der Waals surface area contributed by atoms with Crippen LogP contribution in [0.1, 0.15) is 37.7 Å². The molecule has 4 aliphatic rings. The third-order valence-electron chi connectivity index (χ3n) is 6.09. The second-order valence-electron chi connectivity index (χ2n) is 7.97. The fourth-order valence-corrected chi connectivity index (χ4v) is 4.72. The minimum absolute atomic E-state index is 0.302. The molecule has 0 N–H and O–H groups in total. The van der Waals surface area contributed by atoms with Crippen molar-refractivity contribution in [2.75, 3.05) is 32.8 Å². The van der Waals surface area contributed by atoms with Crippen LogP contribution in [0, 0.1) is 12.8 Å². The second kappa shape index (κ2) is 7.46. The number of rotatable bonds is 4. The van der Waals surface area contributed by atoms with Crippen LogP contribution >= 0.6 is 0 Å². The van der Waals surface area contributed by atoms with Gasteiger partial charge in [-0.05, 0) is 44.1 Å². The number of carbonyl (C=O) groups excluding carboxylic acids is 1. The molecule has 2 bridgehead atoms. The summed E-state index contributed by atoms with van der Waals surface area (Å²) in [6.45, 7) is 7.65. The molecule has 5 rings (SSSR count). The zero-order valence-electron chi connectivity index (χ0n) is 15.3. The molecule has 5 heterocycles. The molecule has 0 unspecified atom stereocenters. The molecule has 25 heavy (non-hydrogen) atoms. The summed E-state index contributed by atoms with van der Waals surface area (Å²) in [6.07, 6.45) is 9.14. The molecule has 1 aromatic heterocycles. The zero-order valence-corrected chi connectivity index (χ0v) is 15.3. The van der Waals surface area contributed by atoms with Gasteiger partial charge in [-0.3, -0.25) is 14.4 Å². The van der Waals surface area contributed by atoms with Crippen molar-refractivity contribution >= 4 is 5.91 Å². The summed E-state index contributed by atoms with van der Waals surface area (Å²) < 4.78 is 7.41. The summed E-state index contributed by atoms with van der Waals surface area (Å²) in [7, 11) is 0. The maximum absolute atomic E-state index is 12.9. The van der Waals surface area contributed by atoms with Gasteiger partial charge in [-0.15, -0.1) is 0 Å². The normalized spacial score (nSPS) is 28.3. The molecule has 0 radical (unpaired) electrons. The van der Waals surface area contributed by atoms with Crippen molar-refractivity contribution in [2.24, 2.45) is 5.92 Å². The van der Waals surface area contributed by atoms with Gasteiger partial charge < -0.3 is 9.64 Å². The fourth-order valence-electron chi connectivity index (χ4n) is 4.72. The third-order valence-corrected chi connectivity index (χ3v) is 6.09. The highest BCUT2D eigenvalue weighted by molar-refractivity contribution is 5.76. The molecule has 2 atom stereocenters. The van der Waals surface area contributed by atoms with E-state index in [1.54, 1.807) is 0 Å². The Morgan fingerprint density at radius 1 is 1.16 bits per heavy atom. The molecule has 0 saturated carbocycles. The summed E-state index contributed by atoms with van der Waals surface area (Å²) >= 11 is 0. The summed E-state index contributed by atoms with van der Waals surface area (Å²) in [6, 6.07) is 1.05. The lowest BCUT2D eigenvalue weighted by Crippen LogP contribution is -2.48. The first-order valence-corrected chi connectivity index (χ1v) is 9.79. The van der Waals surface area contributed by atoms with Crippen LogP contribution in [-0.2, 0) is 16.1 Å². The van der Waals surface area contributed by atoms with E-state index < -0.39 is 0 Å². The number of hydrogen-bond acceptors (Lipinski definition) is 4.